The summed E-state index contributed by atoms with van der Waals surface area (Å²) in [6, 6.07) is 15.8. The fourth-order valence-electron chi connectivity index (χ4n) is 4.80. The predicted molar refractivity (Wildman–Crippen MR) is 144 cm³/mol. The molecular weight excluding hydrogens is 535 g/mol. The van der Waals surface area contributed by atoms with E-state index in [0.717, 1.165) is 29.0 Å². The van der Waals surface area contributed by atoms with E-state index in [1.807, 2.05) is 44.2 Å². The predicted octanol–water partition coefficient (Wildman–Crippen LogP) is 6.81. The highest BCUT2D eigenvalue weighted by molar-refractivity contribution is 6.00. The Bertz CT molecular complexity index is 1640. The second kappa shape index (κ2) is 10.1. The van der Waals surface area contributed by atoms with Crippen molar-refractivity contribution in [2.75, 3.05) is 0 Å². The molecule has 3 heterocycles. The van der Waals surface area contributed by atoms with Crippen molar-refractivity contribution in [3.8, 4) is 17.2 Å². The average Bonchev–Trinajstić information content (AvgIpc) is 3.38. The summed E-state index contributed by atoms with van der Waals surface area (Å²) >= 11 is 0. The van der Waals surface area contributed by atoms with Gasteiger partial charge in [-0.15, -0.1) is 5.10 Å². The zero-order valence-corrected chi connectivity index (χ0v) is 22.3. The van der Waals surface area contributed by atoms with Crippen LogP contribution in [0, 0.1) is 0 Å². The lowest BCUT2D eigenvalue weighted by atomic mass is 9.94. The monoisotopic (exact) mass is 561 g/mol. The van der Waals surface area contributed by atoms with Gasteiger partial charge in [-0.1, -0.05) is 29.5 Å². The number of hydrogen-bond acceptors (Lipinski definition) is 6. The molecule has 4 aromatic rings. The van der Waals surface area contributed by atoms with Crippen molar-refractivity contribution >= 4 is 11.9 Å². The first kappa shape index (κ1) is 26.6. The van der Waals surface area contributed by atoms with Crippen LogP contribution in [0.1, 0.15) is 64.7 Å². The minimum atomic E-state index is -4.38. The Morgan fingerprint density at radius 3 is 2.63 bits per heavy atom. The Morgan fingerprint density at radius 1 is 1.05 bits per heavy atom. The van der Waals surface area contributed by atoms with E-state index in [4.69, 9.17) is 14.2 Å². The van der Waals surface area contributed by atoms with Crippen LogP contribution in [0.5, 0.6) is 17.2 Å². The summed E-state index contributed by atoms with van der Waals surface area (Å²) in [6.07, 6.45) is 1.10. The van der Waals surface area contributed by atoms with Crippen molar-refractivity contribution in [3.05, 3.63) is 106 Å². The van der Waals surface area contributed by atoms with Gasteiger partial charge in [0.25, 0.3) is 0 Å². The standard InChI is InChI=1S/C31H26F3N3O4/c1-30(2)12-11-21-13-20(5-10-27(21)41-30)28-15-26(38)25-9-8-24(14-29(25)40-28)39-18-23-17-37(36-35-23)16-19-3-6-22(7-4-19)31(32,33)34/h3-14,17,28H,15-16,18H2,1-2H3. The summed E-state index contributed by atoms with van der Waals surface area (Å²) in [6.45, 7) is 4.36. The van der Waals surface area contributed by atoms with Crippen LogP contribution in [0.15, 0.2) is 72.9 Å². The third-order valence-electron chi connectivity index (χ3n) is 6.94. The van der Waals surface area contributed by atoms with Crippen LogP contribution in [0.25, 0.3) is 6.08 Å². The van der Waals surface area contributed by atoms with E-state index in [1.54, 1.807) is 24.4 Å². The van der Waals surface area contributed by atoms with Crippen molar-refractivity contribution in [1.82, 2.24) is 15.0 Å². The van der Waals surface area contributed by atoms with E-state index >= 15 is 0 Å². The Balaban J connectivity index is 1.11. The molecule has 0 radical (unpaired) electrons. The smallest absolute Gasteiger partial charge is 0.416 e. The van der Waals surface area contributed by atoms with E-state index in [-0.39, 0.29) is 31.0 Å². The van der Waals surface area contributed by atoms with Crippen LogP contribution in [0.3, 0.4) is 0 Å². The maximum absolute atomic E-state index is 12.9. The lowest BCUT2D eigenvalue weighted by Crippen LogP contribution is -2.27. The number of carbonyl (C=O) groups excluding carboxylic acids is 1. The van der Waals surface area contributed by atoms with Gasteiger partial charge < -0.3 is 14.2 Å². The fourth-order valence-corrected chi connectivity index (χ4v) is 4.80. The number of benzene rings is 3. The summed E-state index contributed by atoms with van der Waals surface area (Å²) in [4.78, 5) is 12.9. The van der Waals surface area contributed by atoms with E-state index < -0.39 is 17.8 Å². The van der Waals surface area contributed by atoms with Gasteiger partial charge >= 0.3 is 6.18 Å². The normalized spacial score (nSPS) is 17.3. The molecule has 2 aliphatic heterocycles. The molecule has 0 amide bonds. The number of hydrogen-bond donors (Lipinski definition) is 0. The molecule has 0 aliphatic carbocycles. The summed E-state index contributed by atoms with van der Waals surface area (Å²) < 4.78 is 58.0. The van der Waals surface area contributed by atoms with E-state index in [2.05, 4.69) is 10.3 Å². The molecule has 7 nitrogen and oxygen atoms in total. The van der Waals surface area contributed by atoms with E-state index in [9.17, 15) is 18.0 Å². The Morgan fingerprint density at radius 2 is 1.85 bits per heavy atom. The lowest BCUT2D eigenvalue weighted by Gasteiger charge is -2.30. The van der Waals surface area contributed by atoms with Crippen LogP contribution < -0.4 is 14.2 Å². The first-order valence-electron chi connectivity index (χ1n) is 13.1. The minimum Gasteiger partial charge on any atom is -0.487 e. The molecule has 0 saturated carbocycles. The molecule has 1 atom stereocenters. The van der Waals surface area contributed by atoms with Gasteiger partial charge in [-0.25, -0.2) is 4.68 Å². The number of ether oxygens (including phenoxy) is 3. The number of alkyl halides is 3. The van der Waals surface area contributed by atoms with Crippen molar-refractivity contribution in [2.24, 2.45) is 0 Å². The second-order valence-corrected chi connectivity index (χ2v) is 10.6. The summed E-state index contributed by atoms with van der Waals surface area (Å²) in [5, 5.41) is 8.12. The van der Waals surface area contributed by atoms with Crippen LogP contribution in [0.2, 0.25) is 0 Å². The highest BCUT2D eigenvalue weighted by Gasteiger charge is 2.31. The van der Waals surface area contributed by atoms with Gasteiger partial charge in [-0.2, -0.15) is 13.2 Å². The van der Waals surface area contributed by atoms with Crippen LogP contribution in [-0.2, 0) is 19.3 Å². The molecule has 3 aromatic carbocycles. The van der Waals surface area contributed by atoms with E-state index in [1.165, 1.54) is 16.8 Å². The van der Waals surface area contributed by atoms with Gasteiger partial charge in [0.1, 0.15) is 41.3 Å². The largest absolute Gasteiger partial charge is 0.487 e. The van der Waals surface area contributed by atoms with Gasteiger partial charge in [-0.05, 0) is 67.4 Å². The second-order valence-electron chi connectivity index (χ2n) is 10.6. The molecule has 0 N–H and O–H groups in total. The molecule has 41 heavy (non-hydrogen) atoms. The molecule has 0 bridgehead atoms. The summed E-state index contributed by atoms with van der Waals surface area (Å²) in [5.74, 6) is 1.72. The van der Waals surface area contributed by atoms with Gasteiger partial charge in [0.15, 0.2) is 5.78 Å². The number of aromatic nitrogens is 3. The summed E-state index contributed by atoms with van der Waals surface area (Å²) in [7, 11) is 0. The molecule has 2 aliphatic rings. The molecule has 6 rings (SSSR count). The third kappa shape index (κ3) is 5.82. The van der Waals surface area contributed by atoms with Crippen molar-refractivity contribution in [2.45, 2.75) is 51.3 Å². The van der Waals surface area contributed by atoms with Crippen LogP contribution >= 0.6 is 0 Å². The number of ketones is 1. The zero-order valence-electron chi connectivity index (χ0n) is 22.3. The SMILES string of the molecule is CC1(C)C=Cc2cc(C3CC(=O)c4ccc(OCc5cn(Cc6ccc(C(F)(F)F)cc6)nn5)cc4O3)ccc2O1. The first-order valence-corrected chi connectivity index (χ1v) is 13.1. The topological polar surface area (TPSA) is 75.5 Å². The number of halogens is 3. The Labute approximate surface area is 234 Å². The van der Waals surface area contributed by atoms with Crippen molar-refractivity contribution in [1.29, 1.82) is 0 Å². The number of fused-ring (bicyclic) bond motifs is 2. The lowest BCUT2D eigenvalue weighted by molar-refractivity contribution is -0.137. The molecular formula is C31H26F3N3O4. The minimum absolute atomic E-state index is 0.0142. The van der Waals surface area contributed by atoms with Gasteiger partial charge in [-0.3, -0.25) is 4.79 Å². The third-order valence-corrected chi connectivity index (χ3v) is 6.94. The van der Waals surface area contributed by atoms with Crippen LogP contribution in [-0.4, -0.2) is 26.4 Å². The number of nitrogens with zero attached hydrogens (tertiary/aromatic N) is 3. The molecule has 10 heteroatoms. The number of rotatable bonds is 6. The van der Waals surface area contributed by atoms with Crippen molar-refractivity contribution < 1.29 is 32.2 Å². The Hall–Kier alpha value is -4.60. The quantitative estimate of drug-likeness (QED) is 0.257. The molecule has 0 fully saturated rings. The van der Waals surface area contributed by atoms with Crippen LogP contribution in [0.4, 0.5) is 13.2 Å². The maximum atomic E-state index is 12.9. The van der Waals surface area contributed by atoms with Gasteiger partial charge in [0, 0.05) is 11.6 Å². The molecule has 0 spiro atoms. The fraction of sp³-hybridized carbons (Fsp3) is 0.258. The number of Topliss-reactive ketones (excluding diaryl/α,β-unsaturated/α-hetero) is 1. The highest BCUT2D eigenvalue weighted by atomic mass is 19.4. The average molecular weight is 562 g/mol. The van der Waals surface area contributed by atoms with Crippen molar-refractivity contribution in [3.63, 3.8) is 0 Å². The number of carbonyl (C=O) groups is 1. The maximum Gasteiger partial charge on any atom is 0.416 e. The Kier molecular flexibility index (Phi) is 6.56. The van der Waals surface area contributed by atoms with Gasteiger partial charge in [0.2, 0.25) is 0 Å². The van der Waals surface area contributed by atoms with Gasteiger partial charge in [0.05, 0.1) is 30.3 Å². The molecule has 0 saturated heterocycles. The first-order chi connectivity index (χ1) is 19.5. The molecule has 1 unspecified atom stereocenters. The zero-order chi connectivity index (χ0) is 28.8. The highest BCUT2D eigenvalue weighted by Crippen LogP contribution is 2.39. The summed E-state index contributed by atoms with van der Waals surface area (Å²) in [5.41, 5.74) is 2.44. The molecule has 210 valence electrons. The van der Waals surface area contributed by atoms with E-state index in [0.29, 0.717) is 28.3 Å². The molecule has 1 aromatic heterocycles.